The van der Waals surface area contributed by atoms with Crippen LogP contribution in [0.3, 0.4) is 0 Å². The van der Waals surface area contributed by atoms with Gasteiger partial charge in [0.15, 0.2) is 0 Å². The monoisotopic (exact) mass is 501 g/mol. The van der Waals surface area contributed by atoms with Crippen LogP contribution in [0.5, 0.6) is 0 Å². The average molecular weight is 502 g/mol. The lowest BCUT2D eigenvalue weighted by molar-refractivity contribution is -0.126. The molecule has 0 saturated carbocycles. The summed E-state index contributed by atoms with van der Waals surface area (Å²) in [6.07, 6.45) is 3.16. The molecule has 0 aromatic heterocycles. The minimum absolute atomic E-state index is 0.0487. The predicted molar refractivity (Wildman–Crippen MR) is 130 cm³/mol. The molecule has 34 heavy (non-hydrogen) atoms. The first-order valence-corrected chi connectivity index (χ1v) is 14.3. The smallest absolute Gasteiger partial charge is 0.409 e. The topological polar surface area (TPSA) is 102 Å². The molecule has 0 spiro atoms. The van der Waals surface area contributed by atoms with Crippen molar-refractivity contribution in [1.29, 1.82) is 0 Å². The third kappa shape index (κ3) is 7.29. The van der Waals surface area contributed by atoms with E-state index in [9.17, 15) is 18.0 Å². The summed E-state index contributed by atoms with van der Waals surface area (Å²) in [6.45, 7) is 12.2. The summed E-state index contributed by atoms with van der Waals surface area (Å²) in [6, 6.07) is 0. The van der Waals surface area contributed by atoms with Gasteiger partial charge in [-0.2, -0.15) is 17.0 Å². The van der Waals surface area contributed by atoms with Gasteiger partial charge in [-0.1, -0.05) is 13.8 Å². The van der Waals surface area contributed by atoms with Crippen LogP contribution in [0.1, 0.15) is 46.5 Å². The van der Waals surface area contributed by atoms with Crippen LogP contribution in [0.25, 0.3) is 0 Å². The van der Waals surface area contributed by atoms with E-state index in [0.717, 1.165) is 37.9 Å². The lowest BCUT2D eigenvalue weighted by Gasteiger charge is -2.38. The highest BCUT2D eigenvalue weighted by atomic mass is 32.2. The molecule has 2 amide bonds. The van der Waals surface area contributed by atoms with Crippen LogP contribution < -0.4 is 5.32 Å². The molecule has 1 N–H and O–H groups in total. The summed E-state index contributed by atoms with van der Waals surface area (Å²) in [7, 11) is -3.66. The molecule has 3 atom stereocenters. The highest BCUT2D eigenvalue weighted by molar-refractivity contribution is 7.86. The summed E-state index contributed by atoms with van der Waals surface area (Å²) in [5.74, 6) is 1.08. The van der Waals surface area contributed by atoms with Crippen LogP contribution >= 0.6 is 0 Å². The molecule has 196 valence electrons. The van der Waals surface area contributed by atoms with E-state index in [1.807, 2.05) is 0 Å². The Balaban J connectivity index is 1.42. The Bertz CT molecular complexity index is 777. The van der Waals surface area contributed by atoms with Crippen molar-refractivity contribution in [1.82, 2.24) is 23.7 Å². The van der Waals surface area contributed by atoms with Crippen LogP contribution in [-0.4, -0.2) is 111 Å². The van der Waals surface area contributed by atoms with Crippen molar-refractivity contribution in [3.63, 3.8) is 0 Å². The van der Waals surface area contributed by atoms with E-state index < -0.39 is 16.3 Å². The van der Waals surface area contributed by atoms with E-state index in [0.29, 0.717) is 45.6 Å². The van der Waals surface area contributed by atoms with Gasteiger partial charge >= 0.3 is 6.09 Å². The Kier molecular flexibility index (Phi) is 9.99. The third-order valence-electron chi connectivity index (χ3n) is 7.07. The molecule has 0 aliphatic carbocycles. The van der Waals surface area contributed by atoms with Gasteiger partial charge in [-0.05, 0) is 51.0 Å². The summed E-state index contributed by atoms with van der Waals surface area (Å²) in [5.41, 5.74) is 0. The molecule has 3 aliphatic heterocycles. The van der Waals surface area contributed by atoms with Crippen LogP contribution in [0.4, 0.5) is 4.79 Å². The number of nitrogens with zero attached hydrogens (tertiary/aromatic N) is 4. The lowest BCUT2D eigenvalue weighted by atomic mass is 9.92. The fourth-order valence-corrected chi connectivity index (χ4v) is 7.16. The van der Waals surface area contributed by atoms with Crippen molar-refractivity contribution < 1.29 is 22.7 Å². The van der Waals surface area contributed by atoms with Gasteiger partial charge in [0.1, 0.15) is 0 Å². The Morgan fingerprint density at radius 1 is 0.971 bits per heavy atom. The third-order valence-corrected chi connectivity index (χ3v) is 9.07. The van der Waals surface area contributed by atoms with Gasteiger partial charge in [-0.25, -0.2) is 4.79 Å². The molecule has 0 unspecified atom stereocenters. The zero-order chi connectivity index (χ0) is 24.7. The summed E-state index contributed by atoms with van der Waals surface area (Å²) in [5, 5.41) is 3.04. The summed E-state index contributed by atoms with van der Waals surface area (Å²) in [4.78, 5) is 28.7. The van der Waals surface area contributed by atoms with Crippen LogP contribution in [-0.2, 0) is 19.7 Å². The Morgan fingerprint density at radius 3 is 2.29 bits per heavy atom. The average Bonchev–Trinajstić information content (AvgIpc) is 2.81. The maximum absolute atomic E-state index is 13.2. The number of hydrogen-bond donors (Lipinski definition) is 1. The number of amides is 2. The summed E-state index contributed by atoms with van der Waals surface area (Å²) < 4.78 is 34.2. The number of piperidine rings is 2. The summed E-state index contributed by atoms with van der Waals surface area (Å²) >= 11 is 0. The van der Waals surface area contributed by atoms with E-state index in [4.69, 9.17) is 4.74 Å². The highest BCUT2D eigenvalue weighted by Gasteiger charge is 2.37. The van der Waals surface area contributed by atoms with Gasteiger partial charge in [-0.15, -0.1) is 0 Å². The second kappa shape index (κ2) is 12.5. The first-order chi connectivity index (χ1) is 16.2. The molecule has 3 fully saturated rings. The molecule has 11 heteroatoms. The Labute approximate surface area is 205 Å². The first-order valence-electron chi connectivity index (χ1n) is 12.9. The second-order valence-corrected chi connectivity index (χ2v) is 12.1. The zero-order valence-electron chi connectivity index (χ0n) is 21.1. The van der Waals surface area contributed by atoms with Gasteiger partial charge in [0.25, 0.3) is 10.2 Å². The SMILES string of the molecule is CCOC(=O)N1CCN(S(=O)(=O)N2CCC[C@H](C(=O)NCCCN3C[C@@H](C)C[C@H](C)C3)C2)CC1. The minimum atomic E-state index is -3.66. The number of carbonyl (C=O) groups is 2. The molecule has 10 nitrogen and oxygen atoms in total. The van der Waals surface area contributed by atoms with Gasteiger partial charge in [0, 0.05) is 58.9 Å². The number of rotatable bonds is 8. The molecule has 0 aromatic carbocycles. The van der Waals surface area contributed by atoms with Crippen molar-refractivity contribution in [2.45, 2.75) is 46.5 Å². The van der Waals surface area contributed by atoms with Gasteiger partial charge in [0.05, 0.1) is 12.5 Å². The quantitative estimate of drug-likeness (QED) is 0.502. The number of piperazine rings is 1. The standard InChI is InChI=1S/C23H43N5O5S/c1-4-33-23(30)26-11-13-27(14-12-26)34(31,32)28-10-5-7-21(18-28)22(29)24-8-6-9-25-16-19(2)15-20(3)17-25/h19-21H,4-18H2,1-3H3,(H,24,29)/t19-,20-,21-/m0/s1. The maximum Gasteiger partial charge on any atom is 0.409 e. The highest BCUT2D eigenvalue weighted by Crippen LogP contribution is 2.23. The lowest BCUT2D eigenvalue weighted by Crippen LogP contribution is -2.56. The van der Waals surface area contributed by atoms with E-state index in [1.54, 1.807) is 6.92 Å². The van der Waals surface area contributed by atoms with Crippen molar-refractivity contribution in [3.05, 3.63) is 0 Å². The number of nitrogens with one attached hydrogen (secondary N) is 1. The largest absolute Gasteiger partial charge is 0.450 e. The molecule has 3 saturated heterocycles. The minimum Gasteiger partial charge on any atom is -0.450 e. The maximum atomic E-state index is 13.2. The molecule has 0 radical (unpaired) electrons. The van der Waals surface area contributed by atoms with E-state index >= 15 is 0 Å². The Hall–Kier alpha value is -1.43. The van der Waals surface area contributed by atoms with Crippen LogP contribution in [0, 0.1) is 17.8 Å². The molecule has 3 heterocycles. The zero-order valence-corrected chi connectivity index (χ0v) is 21.9. The van der Waals surface area contributed by atoms with Crippen molar-refractivity contribution in [2.24, 2.45) is 17.8 Å². The number of ether oxygens (including phenoxy) is 1. The molecular weight excluding hydrogens is 458 g/mol. The number of hydrogen-bond acceptors (Lipinski definition) is 6. The molecule has 3 aliphatic rings. The first kappa shape index (κ1) is 27.2. The molecule has 3 rings (SSSR count). The number of carbonyl (C=O) groups excluding carboxylic acids is 2. The molecule has 0 aromatic rings. The number of likely N-dealkylation sites (tertiary alicyclic amines) is 1. The van der Waals surface area contributed by atoms with Gasteiger partial charge in [0.2, 0.25) is 5.91 Å². The molecular formula is C23H43N5O5S. The van der Waals surface area contributed by atoms with Crippen molar-refractivity contribution in [3.8, 4) is 0 Å². The van der Waals surface area contributed by atoms with Gasteiger partial charge in [-0.3, -0.25) is 4.79 Å². The fourth-order valence-electron chi connectivity index (χ4n) is 5.48. The van der Waals surface area contributed by atoms with E-state index in [2.05, 4.69) is 24.1 Å². The fraction of sp³-hybridized carbons (Fsp3) is 0.913. The van der Waals surface area contributed by atoms with E-state index in [-0.39, 0.29) is 31.5 Å². The van der Waals surface area contributed by atoms with Crippen molar-refractivity contribution in [2.75, 3.05) is 72.1 Å². The van der Waals surface area contributed by atoms with Crippen LogP contribution in [0.2, 0.25) is 0 Å². The second-order valence-electron chi connectivity index (χ2n) is 10.1. The normalized spacial score (nSPS) is 28.0. The predicted octanol–water partition coefficient (Wildman–Crippen LogP) is 1.20. The van der Waals surface area contributed by atoms with Crippen LogP contribution in [0.15, 0.2) is 0 Å². The van der Waals surface area contributed by atoms with E-state index in [1.165, 1.54) is 19.9 Å². The van der Waals surface area contributed by atoms with Gasteiger partial charge < -0.3 is 19.9 Å². The Morgan fingerprint density at radius 2 is 1.65 bits per heavy atom. The molecule has 0 bridgehead atoms. The van der Waals surface area contributed by atoms with Crippen molar-refractivity contribution >= 4 is 22.2 Å².